The molecule has 0 bridgehead atoms. The Balaban J connectivity index is 1.49. The first-order valence-corrected chi connectivity index (χ1v) is 10.4. The van der Waals surface area contributed by atoms with Crippen LogP contribution in [-0.4, -0.2) is 64.4 Å². The van der Waals surface area contributed by atoms with Gasteiger partial charge in [-0.3, -0.25) is 4.79 Å². The SMILES string of the molecule is CNc1nc(C2CCN(C(=O)c3scnc3C)CC2)nc2c1CCN(C)C2. The summed E-state index contributed by atoms with van der Waals surface area (Å²) in [7, 11) is 4.07. The lowest BCUT2D eigenvalue weighted by Crippen LogP contribution is -2.38. The van der Waals surface area contributed by atoms with E-state index < -0.39 is 0 Å². The Bertz CT molecular complexity index is 843. The molecule has 0 atom stereocenters. The fraction of sp³-hybridized carbons (Fsp3) is 0.579. The van der Waals surface area contributed by atoms with Gasteiger partial charge >= 0.3 is 0 Å². The van der Waals surface area contributed by atoms with Crippen LogP contribution < -0.4 is 5.32 Å². The summed E-state index contributed by atoms with van der Waals surface area (Å²) in [4.78, 5) is 31.7. The molecule has 0 aromatic carbocycles. The minimum Gasteiger partial charge on any atom is -0.373 e. The van der Waals surface area contributed by atoms with Crippen molar-refractivity contribution in [2.45, 2.75) is 38.6 Å². The number of hydrogen-bond donors (Lipinski definition) is 1. The van der Waals surface area contributed by atoms with Gasteiger partial charge in [-0.05, 0) is 33.2 Å². The molecule has 2 aliphatic rings. The summed E-state index contributed by atoms with van der Waals surface area (Å²) in [6, 6.07) is 0. The van der Waals surface area contributed by atoms with E-state index in [4.69, 9.17) is 9.97 Å². The highest BCUT2D eigenvalue weighted by Crippen LogP contribution is 2.31. The van der Waals surface area contributed by atoms with Gasteiger partial charge in [-0.1, -0.05) is 0 Å². The molecule has 0 saturated carbocycles. The number of aromatic nitrogens is 3. The van der Waals surface area contributed by atoms with Gasteiger partial charge in [0.1, 0.15) is 16.5 Å². The van der Waals surface area contributed by atoms with Gasteiger partial charge in [-0.25, -0.2) is 15.0 Å². The number of carbonyl (C=O) groups is 1. The number of thiazole rings is 1. The zero-order valence-corrected chi connectivity index (χ0v) is 17.0. The predicted octanol–water partition coefficient (Wildman–Crippen LogP) is 2.29. The second kappa shape index (κ2) is 7.52. The molecule has 1 N–H and O–H groups in total. The number of aryl methyl sites for hydroxylation is 1. The van der Waals surface area contributed by atoms with E-state index in [1.165, 1.54) is 16.9 Å². The predicted molar refractivity (Wildman–Crippen MR) is 106 cm³/mol. The fourth-order valence-corrected chi connectivity index (χ4v) is 4.73. The number of piperidine rings is 1. The van der Waals surface area contributed by atoms with Gasteiger partial charge in [-0.2, -0.15) is 0 Å². The normalized spacial score (nSPS) is 18.4. The molecule has 0 aliphatic carbocycles. The van der Waals surface area contributed by atoms with Crippen molar-refractivity contribution < 1.29 is 4.79 Å². The molecule has 27 heavy (non-hydrogen) atoms. The van der Waals surface area contributed by atoms with Crippen LogP contribution >= 0.6 is 11.3 Å². The minimum atomic E-state index is 0.109. The van der Waals surface area contributed by atoms with E-state index in [0.717, 1.165) is 73.3 Å². The number of hydrogen-bond acceptors (Lipinski definition) is 7. The van der Waals surface area contributed by atoms with E-state index >= 15 is 0 Å². The van der Waals surface area contributed by atoms with Crippen LogP contribution in [0.15, 0.2) is 5.51 Å². The minimum absolute atomic E-state index is 0.109. The standard InChI is InChI=1S/C19H26N6OS/c1-12-16(27-11-21-12)19(26)25-8-4-13(5-9-25)17-22-15-10-24(3)7-6-14(15)18(20-2)23-17/h11,13H,4-10H2,1-3H3,(H,20,22,23). The zero-order valence-electron chi connectivity index (χ0n) is 16.2. The van der Waals surface area contributed by atoms with Gasteiger partial charge < -0.3 is 15.1 Å². The van der Waals surface area contributed by atoms with Crippen LogP contribution in [0.5, 0.6) is 0 Å². The lowest BCUT2D eigenvalue weighted by atomic mass is 9.95. The smallest absolute Gasteiger partial charge is 0.265 e. The monoisotopic (exact) mass is 386 g/mol. The molecule has 2 aromatic heterocycles. The first-order valence-electron chi connectivity index (χ1n) is 9.52. The van der Waals surface area contributed by atoms with Crippen molar-refractivity contribution >= 4 is 23.1 Å². The fourth-order valence-electron chi connectivity index (χ4n) is 3.96. The van der Waals surface area contributed by atoms with Crippen molar-refractivity contribution in [3.63, 3.8) is 0 Å². The third-order valence-corrected chi connectivity index (χ3v) is 6.51. The summed E-state index contributed by atoms with van der Waals surface area (Å²) in [5.74, 6) is 2.31. The van der Waals surface area contributed by atoms with E-state index in [9.17, 15) is 4.79 Å². The van der Waals surface area contributed by atoms with E-state index in [1.54, 1.807) is 5.51 Å². The highest BCUT2D eigenvalue weighted by molar-refractivity contribution is 7.11. The number of fused-ring (bicyclic) bond motifs is 1. The van der Waals surface area contributed by atoms with E-state index in [2.05, 4.69) is 22.2 Å². The molecular formula is C19H26N6OS. The maximum absolute atomic E-state index is 12.7. The zero-order chi connectivity index (χ0) is 19.0. The molecule has 2 aromatic rings. The summed E-state index contributed by atoms with van der Waals surface area (Å²) < 4.78 is 0. The van der Waals surface area contributed by atoms with Gasteiger partial charge in [0.2, 0.25) is 0 Å². The van der Waals surface area contributed by atoms with Gasteiger partial charge in [0.15, 0.2) is 0 Å². The number of likely N-dealkylation sites (tertiary alicyclic amines) is 1. The van der Waals surface area contributed by atoms with Crippen molar-refractivity contribution in [1.29, 1.82) is 0 Å². The maximum atomic E-state index is 12.7. The van der Waals surface area contributed by atoms with Gasteiger partial charge in [0.05, 0.1) is 16.9 Å². The number of anilines is 1. The molecule has 2 aliphatic heterocycles. The van der Waals surface area contributed by atoms with Crippen LogP contribution in [0, 0.1) is 6.92 Å². The lowest BCUT2D eigenvalue weighted by Gasteiger charge is -2.32. The second-order valence-electron chi connectivity index (χ2n) is 7.43. The average Bonchev–Trinajstić information content (AvgIpc) is 3.12. The number of nitrogens with zero attached hydrogens (tertiary/aromatic N) is 5. The molecule has 1 saturated heterocycles. The third kappa shape index (κ3) is 3.55. The number of nitrogens with one attached hydrogen (secondary N) is 1. The van der Waals surface area contributed by atoms with Crippen LogP contribution in [0.25, 0.3) is 0 Å². The summed E-state index contributed by atoms with van der Waals surface area (Å²) in [6.45, 7) is 5.31. The van der Waals surface area contributed by atoms with E-state index in [1.807, 2.05) is 18.9 Å². The third-order valence-electron chi connectivity index (χ3n) is 5.60. The summed E-state index contributed by atoms with van der Waals surface area (Å²) >= 11 is 1.43. The Hall–Kier alpha value is -2.06. The van der Waals surface area contributed by atoms with Crippen LogP contribution in [-0.2, 0) is 13.0 Å². The van der Waals surface area contributed by atoms with Gasteiger partial charge in [0, 0.05) is 44.7 Å². The molecule has 4 rings (SSSR count). The average molecular weight is 387 g/mol. The molecule has 0 radical (unpaired) electrons. The molecular weight excluding hydrogens is 360 g/mol. The van der Waals surface area contributed by atoms with Crippen LogP contribution in [0.3, 0.4) is 0 Å². The van der Waals surface area contributed by atoms with Crippen molar-refractivity contribution in [2.24, 2.45) is 0 Å². The molecule has 144 valence electrons. The molecule has 1 fully saturated rings. The number of likely N-dealkylation sites (N-methyl/N-ethyl adjacent to an activating group) is 1. The quantitative estimate of drug-likeness (QED) is 0.872. The van der Waals surface area contributed by atoms with Crippen LogP contribution in [0.1, 0.15) is 51.2 Å². The Morgan fingerprint density at radius 3 is 2.70 bits per heavy atom. The van der Waals surface area contributed by atoms with Crippen molar-refractivity contribution in [3.05, 3.63) is 33.2 Å². The molecule has 0 unspecified atom stereocenters. The van der Waals surface area contributed by atoms with E-state index in [0.29, 0.717) is 5.92 Å². The molecule has 0 spiro atoms. The lowest BCUT2D eigenvalue weighted by molar-refractivity contribution is 0.0715. The second-order valence-corrected chi connectivity index (χ2v) is 8.28. The molecule has 8 heteroatoms. The first-order chi connectivity index (χ1) is 13.1. The Morgan fingerprint density at radius 1 is 1.26 bits per heavy atom. The largest absolute Gasteiger partial charge is 0.373 e. The Labute approximate surface area is 163 Å². The summed E-state index contributed by atoms with van der Waals surface area (Å²) in [6.07, 6.45) is 2.80. The topological polar surface area (TPSA) is 74.2 Å². The maximum Gasteiger partial charge on any atom is 0.265 e. The Morgan fingerprint density at radius 2 is 2.04 bits per heavy atom. The number of rotatable bonds is 3. The van der Waals surface area contributed by atoms with Crippen molar-refractivity contribution in [1.82, 2.24) is 24.8 Å². The highest BCUT2D eigenvalue weighted by Gasteiger charge is 2.29. The molecule has 1 amide bonds. The van der Waals surface area contributed by atoms with Crippen LogP contribution in [0.4, 0.5) is 5.82 Å². The van der Waals surface area contributed by atoms with Gasteiger partial charge in [-0.15, -0.1) is 11.3 Å². The van der Waals surface area contributed by atoms with E-state index in [-0.39, 0.29) is 5.91 Å². The van der Waals surface area contributed by atoms with Gasteiger partial charge in [0.25, 0.3) is 5.91 Å². The molecule has 7 nitrogen and oxygen atoms in total. The highest BCUT2D eigenvalue weighted by atomic mass is 32.1. The van der Waals surface area contributed by atoms with Crippen molar-refractivity contribution in [3.8, 4) is 0 Å². The molecule has 4 heterocycles. The van der Waals surface area contributed by atoms with Crippen molar-refractivity contribution in [2.75, 3.05) is 39.0 Å². The number of carbonyl (C=O) groups excluding carboxylic acids is 1. The number of amides is 1. The summed E-state index contributed by atoms with van der Waals surface area (Å²) in [5, 5.41) is 3.26. The first kappa shape index (κ1) is 18.3. The Kier molecular flexibility index (Phi) is 5.10. The summed E-state index contributed by atoms with van der Waals surface area (Å²) in [5.41, 5.74) is 4.98. The van der Waals surface area contributed by atoms with Crippen LogP contribution in [0.2, 0.25) is 0 Å².